The van der Waals surface area contributed by atoms with E-state index in [1.165, 1.54) is 25.1 Å². The van der Waals surface area contributed by atoms with Gasteiger partial charge in [0.1, 0.15) is 6.04 Å². The summed E-state index contributed by atoms with van der Waals surface area (Å²) in [5.74, 6) is -3.57. The molecule has 1 atom stereocenters. The van der Waals surface area contributed by atoms with Crippen LogP contribution in [-0.4, -0.2) is 41.2 Å². The van der Waals surface area contributed by atoms with Crippen LogP contribution in [0.2, 0.25) is 30.1 Å². The summed E-state index contributed by atoms with van der Waals surface area (Å²) < 4.78 is 4.93. The van der Waals surface area contributed by atoms with Crippen LogP contribution in [-0.2, 0) is 14.3 Å². The number of carbonyl (C=O) groups is 4. The normalized spacial score (nSPS) is 13.8. The van der Waals surface area contributed by atoms with Crippen LogP contribution in [0.3, 0.4) is 0 Å². The molecule has 0 saturated carbocycles. The summed E-state index contributed by atoms with van der Waals surface area (Å²) in [7, 11) is 0. The first-order valence-corrected chi connectivity index (χ1v) is 10.9. The summed E-state index contributed by atoms with van der Waals surface area (Å²) >= 11 is 35.9. The molecule has 3 amide bonds. The quantitative estimate of drug-likeness (QED) is 0.217. The third kappa shape index (κ3) is 4.51. The highest BCUT2D eigenvalue weighted by molar-refractivity contribution is 6.55. The predicted molar refractivity (Wildman–Crippen MR) is 122 cm³/mol. The zero-order valence-electron chi connectivity index (χ0n) is 15.8. The van der Waals surface area contributed by atoms with E-state index >= 15 is 0 Å². The molecule has 32 heavy (non-hydrogen) atoms. The van der Waals surface area contributed by atoms with Gasteiger partial charge in [-0.05, 0) is 25.1 Å². The highest BCUT2D eigenvalue weighted by Crippen LogP contribution is 2.45. The number of ether oxygens (including phenoxy) is 1. The van der Waals surface area contributed by atoms with Crippen molar-refractivity contribution in [2.45, 2.75) is 13.0 Å². The minimum atomic E-state index is -1.41. The Morgan fingerprint density at radius 1 is 0.938 bits per heavy atom. The van der Waals surface area contributed by atoms with E-state index in [0.717, 1.165) is 0 Å². The molecule has 0 bridgehead atoms. The number of amides is 3. The SMILES string of the molecule is CC(C(=O)OCC(=O)Nc1cc(Cl)ccc1Cl)N1C(=O)c2c(Cl)c(Cl)c(Cl)c(Cl)c2C1=O. The Balaban J connectivity index is 1.72. The molecule has 2 aromatic carbocycles. The van der Waals surface area contributed by atoms with Gasteiger partial charge in [-0.25, -0.2) is 4.79 Å². The molecule has 1 N–H and O–H groups in total. The van der Waals surface area contributed by atoms with Crippen molar-refractivity contribution < 1.29 is 23.9 Å². The summed E-state index contributed by atoms with van der Waals surface area (Å²) in [5.41, 5.74) is -0.334. The minimum absolute atomic E-state index is 0.202. The summed E-state index contributed by atoms with van der Waals surface area (Å²) in [6, 6.07) is 3.01. The van der Waals surface area contributed by atoms with Crippen molar-refractivity contribution in [3.8, 4) is 0 Å². The number of anilines is 1. The van der Waals surface area contributed by atoms with Gasteiger partial charge in [0.2, 0.25) is 0 Å². The van der Waals surface area contributed by atoms with Gasteiger partial charge in [-0.2, -0.15) is 0 Å². The molecule has 0 spiro atoms. The number of halogens is 6. The van der Waals surface area contributed by atoms with E-state index in [-0.39, 0.29) is 41.9 Å². The topological polar surface area (TPSA) is 92.8 Å². The van der Waals surface area contributed by atoms with Gasteiger partial charge in [-0.1, -0.05) is 69.6 Å². The van der Waals surface area contributed by atoms with E-state index in [9.17, 15) is 19.2 Å². The van der Waals surface area contributed by atoms with Crippen LogP contribution in [0.4, 0.5) is 5.69 Å². The molecule has 0 aliphatic carbocycles. The molecule has 0 aromatic heterocycles. The van der Waals surface area contributed by atoms with E-state index in [4.69, 9.17) is 74.3 Å². The lowest BCUT2D eigenvalue weighted by Crippen LogP contribution is -2.44. The molecule has 0 saturated heterocycles. The Kier molecular flexibility index (Phi) is 7.49. The second-order valence-corrected chi connectivity index (χ2v) is 8.80. The third-order valence-corrected chi connectivity index (χ3v) is 6.78. The van der Waals surface area contributed by atoms with Crippen molar-refractivity contribution in [1.29, 1.82) is 0 Å². The highest BCUT2D eigenvalue weighted by Gasteiger charge is 2.45. The Morgan fingerprint density at radius 2 is 1.47 bits per heavy atom. The fraction of sp³-hybridized carbons (Fsp3) is 0.158. The number of rotatable bonds is 5. The van der Waals surface area contributed by atoms with Gasteiger partial charge in [-0.15, -0.1) is 0 Å². The Morgan fingerprint density at radius 3 is 2.00 bits per heavy atom. The maximum Gasteiger partial charge on any atom is 0.329 e. The number of nitrogens with one attached hydrogen (secondary N) is 1. The van der Waals surface area contributed by atoms with Gasteiger partial charge in [-0.3, -0.25) is 19.3 Å². The Hall–Kier alpha value is -1.74. The summed E-state index contributed by atoms with van der Waals surface area (Å²) in [6.45, 7) is 0.523. The van der Waals surface area contributed by atoms with Crippen LogP contribution in [0.25, 0.3) is 0 Å². The first-order chi connectivity index (χ1) is 15.0. The van der Waals surface area contributed by atoms with E-state index < -0.39 is 36.3 Å². The van der Waals surface area contributed by atoms with E-state index in [1.807, 2.05) is 0 Å². The predicted octanol–water partition coefficient (Wildman–Crippen LogP) is 5.77. The summed E-state index contributed by atoms with van der Waals surface area (Å²) in [6.07, 6.45) is 0. The molecule has 1 heterocycles. The molecule has 168 valence electrons. The van der Waals surface area contributed by atoms with Crippen molar-refractivity contribution in [2.24, 2.45) is 0 Å². The van der Waals surface area contributed by atoms with Crippen molar-refractivity contribution in [1.82, 2.24) is 4.90 Å². The molecule has 1 aliphatic rings. The molecule has 1 unspecified atom stereocenters. The molecule has 0 radical (unpaired) electrons. The molecule has 7 nitrogen and oxygen atoms in total. The number of nitrogens with zero attached hydrogens (tertiary/aromatic N) is 1. The second kappa shape index (κ2) is 9.63. The lowest BCUT2D eigenvalue weighted by atomic mass is 10.1. The van der Waals surface area contributed by atoms with E-state index in [0.29, 0.717) is 9.92 Å². The standard InChI is InChI=1S/C19H10Cl6N2O5/c1-6(19(31)32-5-10(28)26-9-4-7(20)2-3-8(9)21)27-17(29)11-12(18(27)30)14(23)16(25)15(24)13(11)22/h2-4,6H,5H2,1H3,(H,26,28). The van der Waals surface area contributed by atoms with Gasteiger partial charge in [0.25, 0.3) is 17.7 Å². The van der Waals surface area contributed by atoms with E-state index in [2.05, 4.69) is 5.32 Å². The fourth-order valence-corrected chi connectivity index (χ4v) is 4.21. The van der Waals surface area contributed by atoms with Crippen LogP contribution in [0.5, 0.6) is 0 Å². The van der Waals surface area contributed by atoms with Gasteiger partial charge in [0.05, 0.1) is 41.9 Å². The van der Waals surface area contributed by atoms with Gasteiger partial charge < -0.3 is 10.1 Å². The van der Waals surface area contributed by atoms with Crippen molar-refractivity contribution in [3.05, 3.63) is 59.5 Å². The van der Waals surface area contributed by atoms with Crippen LogP contribution in [0.15, 0.2) is 18.2 Å². The minimum Gasteiger partial charge on any atom is -0.454 e. The largest absolute Gasteiger partial charge is 0.454 e. The van der Waals surface area contributed by atoms with Gasteiger partial charge in [0.15, 0.2) is 6.61 Å². The average molecular weight is 559 g/mol. The highest BCUT2D eigenvalue weighted by atomic mass is 35.5. The van der Waals surface area contributed by atoms with Gasteiger partial charge in [0, 0.05) is 5.02 Å². The average Bonchev–Trinajstić information content (AvgIpc) is 3.01. The zero-order valence-corrected chi connectivity index (χ0v) is 20.3. The molecular weight excluding hydrogens is 549 g/mol. The molecular formula is C19H10Cl6N2O5. The fourth-order valence-electron chi connectivity index (χ4n) is 2.86. The zero-order chi connectivity index (χ0) is 23.9. The second-order valence-electron chi connectivity index (χ2n) is 6.44. The van der Waals surface area contributed by atoms with Crippen LogP contribution >= 0.6 is 69.6 Å². The van der Waals surface area contributed by atoms with Crippen LogP contribution in [0, 0.1) is 0 Å². The number of imide groups is 1. The number of hydrogen-bond donors (Lipinski definition) is 1. The molecule has 1 aliphatic heterocycles. The third-order valence-electron chi connectivity index (χ3n) is 4.41. The molecule has 2 aromatic rings. The summed E-state index contributed by atoms with van der Waals surface area (Å²) in [4.78, 5) is 50.7. The molecule has 0 fully saturated rings. The van der Waals surface area contributed by atoms with Crippen LogP contribution < -0.4 is 5.32 Å². The molecule has 13 heteroatoms. The van der Waals surface area contributed by atoms with Crippen LogP contribution in [0.1, 0.15) is 27.6 Å². The van der Waals surface area contributed by atoms with Crippen molar-refractivity contribution in [2.75, 3.05) is 11.9 Å². The molecule has 3 rings (SSSR count). The number of carbonyl (C=O) groups excluding carboxylic acids is 4. The van der Waals surface area contributed by atoms with Gasteiger partial charge >= 0.3 is 5.97 Å². The Labute approximate surface area is 211 Å². The first kappa shape index (κ1) is 24.9. The lowest BCUT2D eigenvalue weighted by Gasteiger charge is -2.20. The smallest absolute Gasteiger partial charge is 0.329 e. The Bertz CT molecular complexity index is 1140. The lowest BCUT2D eigenvalue weighted by molar-refractivity contribution is -0.150. The van der Waals surface area contributed by atoms with Crippen molar-refractivity contribution in [3.63, 3.8) is 0 Å². The number of esters is 1. The van der Waals surface area contributed by atoms with Crippen molar-refractivity contribution >= 4 is 99.0 Å². The summed E-state index contributed by atoms with van der Waals surface area (Å²) in [5, 5.41) is 2.04. The first-order valence-electron chi connectivity index (χ1n) is 8.61. The number of fused-ring (bicyclic) bond motifs is 1. The maximum atomic E-state index is 12.8. The number of hydrogen-bond acceptors (Lipinski definition) is 5. The van der Waals surface area contributed by atoms with E-state index in [1.54, 1.807) is 0 Å². The monoisotopic (exact) mass is 556 g/mol. The number of benzene rings is 2. The maximum absolute atomic E-state index is 12.8.